The summed E-state index contributed by atoms with van der Waals surface area (Å²) in [5.41, 5.74) is -4.90. The molecule has 5 rings (SSSR count). The molecule has 0 bridgehead atoms. The molecular formula is C31H41NO6. The lowest BCUT2D eigenvalue weighted by molar-refractivity contribution is -0.228. The van der Waals surface area contributed by atoms with Crippen molar-refractivity contribution < 1.29 is 29.1 Å². The fraction of sp³-hybridized carbons (Fsp3) is 0.806. The van der Waals surface area contributed by atoms with Gasteiger partial charge in [-0.3, -0.25) is 24.0 Å². The molecule has 0 radical (unpaired) electrons. The molecule has 0 aromatic rings. The molecule has 5 aliphatic rings. The van der Waals surface area contributed by atoms with Crippen LogP contribution in [0.5, 0.6) is 0 Å². The third-order valence-electron chi connectivity index (χ3n) is 13.0. The number of carboxylic acid groups (broad SMARTS) is 1. The standard InChI is InChI=1S/C31H41NO6/c1-26(2)10-12-31(25(37)38)13-11-28(5)19(17(31)14-26)20(33)21(34)22-29(28,6)9-8-18-27(3,4)23(35)16(15-32)24(36)30(18,22)7/h16-19,22H,8-14H2,1-7H3,(H,37,38)/t16?,17-,18?,19+,22+,28-,29-,30+,31+/m1/s1. The second-order valence-corrected chi connectivity index (χ2v) is 15.3. The van der Waals surface area contributed by atoms with Gasteiger partial charge < -0.3 is 5.11 Å². The molecule has 5 fully saturated rings. The summed E-state index contributed by atoms with van der Waals surface area (Å²) in [6, 6.07) is 1.92. The quantitative estimate of drug-likeness (QED) is 0.386. The van der Waals surface area contributed by atoms with Crippen LogP contribution in [0.15, 0.2) is 0 Å². The zero-order valence-electron chi connectivity index (χ0n) is 23.8. The van der Waals surface area contributed by atoms with Gasteiger partial charge in [-0.1, -0.05) is 48.5 Å². The van der Waals surface area contributed by atoms with Crippen molar-refractivity contribution in [2.75, 3.05) is 0 Å². The number of aliphatic carboxylic acids is 1. The highest BCUT2D eigenvalue weighted by atomic mass is 16.4. The zero-order valence-corrected chi connectivity index (χ0v) is 23.8. The highest BCUT2D eigenvalue weighted by molar-refractivity contribution is 6.41. The number of hydrogen-bond donors (Lipinski definition) is 1. The Balaban J connectivity index is 1.70. The topological polar surface area (TPSA) is 129 Å². The molecule has 0 aromatic heterocycles. The van der Waals surface area contributed by atoms with Crippen LogP contribution in [0.25, 0.3) is 0 Å². The van der Waals surface area contributed by atoms with Gasteiger partial charge in [0, 0.05) is 22.7 Å². The van der Waals surface area contributed by atoms with E-state index in [-0.39, 0.29) is 5.41 Å². The maximum atomic E-state index is 14.3. The Morgan fingerprint density at radius 1 is 0.842 bits per heavy atom. The first-order valence-electron chi connectivity index (χ1n) is 14.2. The number of ketones is 4. The number of hydrogen-bond acceptors (Lipinski definition) is 6. The van der Waals surface area contributed by atoms with Gasteiger partial charge >= 0.3 is 5.97 Å². The van der Waals surface area contributed by atoms with Crippen LogP contribution in [0.4, 0.5) is 0 Å². The molecular weight excluding hydrogens is 482 g/mol. The first kappa shape index (κ1) is 27.2. The second kappa shape index (κ2) is 7.64. The molecule has 0 amide bonds. The van der Waals surface area contributed by atoms with Crippen molar-refractivity contribution in [2.24, 2.45) is 62.1 Å². The van der Waals surface area contributed by atoms with E-state index in [1.807, 2.05) is 13.0 Å². The van der Waals surface area contributed by atoms with E-state index in [1.54, 1.807) is 20.8 Å². The zero-order chi connectivity index (χ0) is 28.4. The van der Waals surface area contributed by atoms with Crippen LogP contribution >= 0.6 is 0 Å². The summed E-state index contributed by atoms with van der Waals surface area (Å²) in [6.07, 6.45) is 3.86. The Kier molecular flexibility index (Phi) is 5.47. The Hall–Kier alpha value is -2.36. The molecule has 206 valence electrons. The van der Waals surface area contributed by atoms with Crippen LogP contribution in [-0.4, -0.2) is 34.2 Å². The van der Waals surface area contributed by atoms with Crippen LogP contribution < -0.4 is 0 Å². The summed E-state index contributed by atoms with van der Waals surface area (Å²) < 4.78 is 0. The molecule has 0 heterocycles. The SMILES string of the molecule is CC1(C)CC[C@]2(C(=O)O)CC[C@]3(C)[C@H](C(=O)C(=O)[C@@H]4[C@@]5(C)C(=O)C(C#N)C(=O)C(C)(C)C5CC[C@]43C)[C@H]2C1. The van der Waals surface area contributed by atoms with Crippen LogP contribution in [-0.2, 0) is 24.0 Å². The average Bonchev–Trinajstić information content (AvgIpc) is 2.81. The van der Waals surface area contributed by atoms with Crippen LogP contribution in [0.3, 0.4) is 0 Å². The first-order valence-corrected chi connectivity index (χ1v) is 14.2. The predicted molar refractivity (Wildman–Crippen MR) is 137 cm³/mol. The minimum absolute atomic E-state index is 0.143. The maximum Gasteiger partial charge on any atom is 0.309 e. The highest BCUT2D eigenvalue weighted by Gasteiger charge is 2.77. The number of nitriles is 1. The van der Waals surface area contributed by atoms with Gasteiger partial charge in [0.05, 0.1) is 11.5 Å². The van der Waals surface area contributed by atoms with Gasteiger partial charge in [0.25, 0.3) is 0 Å². The number of fused-ring (bicyclic) bond motifs is 7. The largest absolute Gasteiger partial charge is 0.481 e. The van der Waals surface area contributed by atoms with Crippen molar-refractivity contribution in [3.05, 3.63) is 0 Å². The number of carbonyl (C=O) groups is 5. The van der Waals surface area contributed by atoms with Gasteiger partial charge in [-0.25, -0.2) is 0 Å². The van der Waals surface area contributed by atoms with E-state index in [2.05, 4.69) is 20.8 Å². The van der Waals surface area contributed by atoms with Crippen LogP contribution in [0.2, 0.25) is 0 Å². The van der Waals surface area contributed by atoms with E-state index in [4.69, 9.17) is 0 Å². The second-order valence-electron chi connectivity index (χ2n) is 15.3. The molecule has 7 heteroatoms. The lowest BCUT2D eigenvalue weighted by Crippen LogP contribution is -2.74. The number of nitrogens with zero attached hydrogens (tertiary/aromatic N) is 1. The molecule has 5 saturated carbocycles. The summed E-state index contributed by atoms with van der Waals surface area (Å²) in [7, 11) is 0. The van der Waals surface area contributed by atoms with Crippen molar-refractivity contribution in [1.82, 2.24) is 0 Å². The van der Waals surface area contributed by atoms with E-state index >= 15 is 0 Å². The minimum atomic E-state index is -1.45. The monoisotopic (exact) mass is 523 g/mol. The molecule has 9 atom stereocenters. The number of Topliss-reactive ketones (excluding diaryl/α,β-unsaturated/α-hetero) is 4. The predicted octanol–water partition coefficient (Wildman–Crippen LogP) is 4.81. The molecule has 7 nitrogen and oxygen atoms in total. The molecule has 2 unspecified atom stereocenters. The van der Waals surface area contributed by atoms with Crippen molar-refractivity contribution >= 4 is 29.1 Å². The van der Waals surface area contributed by atoms with E-state index in [1.165, 1.54) is 0 Å². The van der Waals surface area contributed by atoms with Crippen LogP contribution in [0, 0.1) is 73.4 Å². The lowest BCUT2D eigenvalue weighted by Gasteiger charge is -2.70. The van der Waals surface area contributed by atoms with Crippen molar-refractivity contribution in [3.63, 3.8) is 0 Å². The van der Waals surface area contributed by atoms with Crippen molar-refractivity contribution in [1.29, 1.82) is 5.26 Å². The fourth-order valence-corrected chi connectivity index (χ4v) is 10.7. The van der Waals surface area contributed by atoms with E-state index in [0.29, 0.717) is 38.5 Å². The third kappa shape index (κ3) is 2.88. The Morgan fingerprint density at radius 3 is 2.03 bits per heavy atom. The van der Waals surface area contributed by atoms with E-state index in [0.717, 1.165) is 6.42 Å². The average molecular weight is 524 g/mol. The normalized spacial score (nSPS) is 49.2. The number of rotatable bonds is 1. The first-order chi connectivity index (χ1) is 17.4. The molecule has 0 spiro atoms. The van der Waals surface area contributed by atoms with Crippen molar-refractivity contribution in [3.8, 4) is 6.07 Å². The van der Waals surface area contributed by atoms with Gasteiger partial charge in [0.15, 0.2) is 17.5 Å². The molecule has 5 aliphatic carbocycles. The summed E-state index contributed by atoms with van der Waals surface area (Å²) in [5, 5.41) is 20.3. The molecule has 0 aromatic carbocycles. The summed E-state index contributed by atoms with van der Waals surface area (Å²) in [5.74, 6) is -6.95. The Bertz CT molecular complexity index is 1230. The molecule has 0 saturated heterocycles. The number of carboxylic acids is 1. The van der Waals surface area contributed by atoms with Gasteiger partial charge in [-0.2, -0.15) is 5.26 Å². The molecule has 1 N–H and O–H groups in total. The third-order valence-corrected chi connectivity index (χ3v) is 13.0. The van der Waals surface area contributed by atoms with Gasteiger partial charge in [0.2, 0.25) is 11.6 Å². The van der Waals surface area contributed by atoms with Crippen LogP contribution in [0.1, 0.15) is 93.4 Å². The van der Waals surface area contributed by atoms with Crippen molar-refractivity contribution in [2.45, 2.75) is 93.4 Å². The van der Waals surface area contributed by atoms with Gasteiger partial charge in [0.1, 0.15) is 0 Å². The van der Waals surface area contributed by atoms with Gasteiger partial charge in [-0.15, -0.1) is 0 Å². The van der Waals surface area contributed by atoms with Gasteiger partial charge in [-0.05, 0) is 73.0 Å². The number of carbonyl (C=O) groups excluding carboxylic acids is 4. The van der Waals surface area contributed by atoms with E-state index < -0.39 is 85.8 Å². The maximum absolute atomic E-state index is 14.3. The Morgan fingerprint density at radius 2 is 1.45 bits per heavy atom. The summed E-state index contributed by atoms with van der Waals surface area (Å²) >= 11 is 0. The summed E-state index contributed by atoms with van der Waals surface area (Å²) in [4.78, 5) is 68.7. The molecule has 0 aliphatic heterocycles. The fourth-order valence-electron chi connectivity index (χ4n) is 10.7. The summed E-state index contributed by atoms with van der Waals surface area (Å²) in [6.45, 7) is 13.6. The lowest BCUT2D eigenvalue weighted by atomic mass is 9.30. The smallest absolute Gasteiger partial charge is 0.309 e. The highest BCUT2D eigenvalue weighted by Crippen LogP contribution is 2.75. The van der Waals surface area contributed by atoms with E-state index in [9.17, 15) is 34.3 Å². The Labute approximate surface area is 225 Å². The minimum Gasteiger partial charge on any atom is -0.481 e. The molecule has 38 heavy (non-hydrogen) atoms.